The van der Waals surface area contributed by atoms with Crippen LogP contribution in [0.2, 0.25) is 0 Å². The van der Waals surface area contributed by atoms with Crippen LogP contribution < -0.4 is 5.73 Å². The maximum absolute atomic E-state index is 11.0. The van der Waals surface area contributed by atoms with Gasteiger partial charge in [-0.15, -0.1) is 0 Å². The van der Waals surface area contributed by atoms with Crippen molar-refractivity contribution in [3.05, 3.63) is 24.2 Å². The van der Waals surface area contributed by atoms with Crippen molar-refractivity contribution in [3.63, 3.8) is 0 Å². The van der Waals surface area contributed by atoms with Crippen LogP contribution in [0, 0.1) is 0 Å². The Morgan fingerprint density at radius 3 is 3.07 bits per heavy atom. The van der Waals surface area contributed by atoms with E-state index >= 15 is 0 Å². The number of nitrogens with two attached hydrogens (primary N) is 1. The third-order valence-corrected chi connectivity index (χ3v) is 2.04. The van der Waals surface area contributed by atoms with Gasteiger partial charge in [-0.25, -0.2) is 0 Å². The first-order valence-corrected chi connectivity index (χ1v) is 4.34. The molecule has 2 aromatic heterocycles. The Balaban J connectivity index is 2.73. The maximum atomic E-state index is 11.0. The predicted molar refractivity (Wildman–Crippen MR) is 51.7 cm³/mol. The summed E-state index contributed by atoms with van der Waals surface area (Å²) in [6, 6.07) is 1.76. The van der Waals surface area contributed by atoms with Crippen molar-refractivity contribution in [1.82, 2.24) is 14.8 Å². The highest BCUT2D eigenvalue weighted by molar-refractivity contribution is 6.03. The fourth-order valence-electron chi connectivity index (χ4n) is 1.35. The van der Waals surface area contributed by atoms with E-state index in [1.165, 1.54) is 6.20 Å². The highest BCUT2D eigenvalue weighted by Crippen LogP contribution is 2.14. The largest absolute Gasteiger partial charge is 0.364 e. The standard InChI is InChI=1S/C9H10N4O/c1-2-13-5-6-7(12-13)3-4-11-8(6)9(10)14/h3-5H,2H2,1H3,(H2,10,14). The summed E-state index contributed by atoms with van der Waals surface area (Å²) in [6.45, 7) is 2.73. The minimum atomic E-state index is -0.522. The fourth-order valence-corrected chi connectivity index (χ4v) is 1.35. The number of carbonyl (C=O) groups is 1. The van der Waals surface area contributed by atoms with Crippen LogP contribution in [0.25, 0.3) is 10.9 Å². The van der Waals surface area contributed by atoms with Crippen molar-refractivity contribution >= 4 is 16.8 Å². The summed E-state index contributed by atoms with van der Waals surface area (Å²) in [6.07, 6.45) is 3.32. The first-order chi connectivity index (χ1) is 6.72. The van der Waals surface area contributed by atoms with Gasteiger partial charge in [0.1, 0.15) is 5.69 Å². The van der Waals surface area contributed by atoms with E-state index < -0.39 is 5.91 Å². The average molecular weight is 190 g/mol. The molecule has 0 radical (unpaired) electrons. The van der Waals surface area contributed by atoms with Crippen LogP contribution in [0.5, 0.6) is 0 Å². The molecule has 0 spiro atoms. The second-order valence-electron chi connectivity index (χ2n) is 2.94. The molecule has 2 rings (SSSR count). The second-order valence-corrected chi connectivity index (χ2v) is 2.94. The number of rotatable bonds is 2. The van der Waals surface area contributed by atoms with Gasteiger partial charge in [-0.05, 0) is 13.0 Å². The number of fused-ring (bicyclic) bond motifs is 1. The van der Waals surface area contributed by atoms with Gasteiger partial charge in [0.05, 0.1) is 10.9 Å². The van der Waals surface area contributed by atoms with Gasteiger partial charge in [-0.1, -0.05) is 0 Å². The number of hydrogen-bond donors (Lipinski definition) is 1. The third kappa shape index (κ3) is 1.22. The fraction of sp³-hybridized carbons (Fsp3) is 0.222. The molecule has 0 saturated carbocycles. The molecule has 0 aromatic carbocycles. The number of carbonyl (C=O) groups excluding carboxylic acids is 1. The van der Waals surface area contributed by atoms with Crippen molar-refractivity contribution in [2.45, 2.75) is 13.5 Å². The Bertz CT molecular complexity index is 489. The Morgan fingerprint density at radius 2 is 2.43 bits per heavy atom. The minimum absolute atomic E-state index is 0.280. The monoisotopic (exact) mass is 190 g/mol. The second kappa shape index (κ2) is 3.10. The van der Waals surface area contributed by atoms with Crippen molar-refractivity contribution in [2.24, 2.45) is 5.73 Å². The van der Waals surface area contributed by atoms with E-state index in [4.69, 9.17) is 5.73 Å². The van der Waals surface area contributed by atoms with Crippen LogP contribution in [0.4, 0.5) is 0 Å². The lowest BCUT2D eigenvalue weighted by molar-refractivity contribution is 0.0997. The number of pyridine rings is 1. The number of hydrogen-bond acceptors (Lipinski definition) is 3. The molecule has 5 heteroatoms. The molecule has 0 aliphatic heterocycles. The molecule has 2 heterocycles. The summed E-state index contributed by atoms with van der Waals surface area (Å²) in [7, 11) is 0. The van der Waals surface area contributed by atoms with E-state index in [2.05, 4.69) is 10.1 Å². The van der Waals surface area contributed by atoms with E-state index in [0.717, 1.165) is 12.1 Å². The smallest absolute Gasteiger partial charge is 0.268 e. The quantitative estimate of drug-likeness (QED) is 0.751. The maximum Gasteiger partial charge on any atom is 0.268 e. The molecule has 0 aliphatic carbocycles. The van der Waals surface area contributed by atoms with Crippen LogP contribution >= 0.6 is 0 Å². The summed E-state index contributed by atoms with van der Waals surface area (Å²) < 4.78 is 1.75. The summed E-state index contributed by atoms with van der Waals surface area (Å²) in [5.74, 6) is -0.522. The highest BCUT2D eigenvalue weighted by atomic mass is 16.1. The van der Waals surface area contributed by atoms with Crippen molar-refractivity contribution < 1.29 is 4.79 Å². The van der Waals surface area contributed by atoms with Crippen molar-refractivity contribution in [2.75, 3.05) is 0 Å². The molecular weight excluding hydrogens is 180 g/mol. The molecule has 0 unspecified atom stereocenters. The van der Waals surface area contributed by atoms with Gasteiger partial charge >= 0.3 is 0 Å². The van der Waals surface area contributed by atoms with E-state index in [-0.39, 0.29) is 5.69 Å². The zero-order valence-corrected chi connectivity index (χ0v) is 7.77. The number of amides is 1. The summed E-state index contributed by atoms with van der Waals surface area (Å²) in [5.41, 5.74) is 6.22. The van der Waals surface area contributed by atoms with Crippen LogP contribution in [0.3, 0.4) is 0 Å². The molecule has 0 aliphatic rings. The van der Waals surface area contributed by atoms with Crippen LogP contribution in [0.15, 0.2) is 18.5 Å². The first kappa shape index (κ1) is 8.68. The van der Waals surface area contributed by atoms with Crippen LogP contribution in [-0.4, -0.2) is 20.7 Å². The van der Waals surface area contributed by atoms with Gasteiger partial charge < -0.3 is 5.73 Å². The zero-order chi connectivity index (χ0) is 10.1. The Morgan fingerprint density at radius 1 is 1.64 bits per heavy atom. The minimum Gasteiger partial charge on any atom is -0.364 e. The molecule has 0 saturated heterocycles. The molecule has 72 valence electrons. The van der Waals surface area contributed by atoms with E-state index in [1.807, 2.05) is 6.92 Å². The van der Waals surface area contributed by atoms with Crippen molar-refractivity contribution in [3.8, 4) is 0 Å². The number of aryl methyl sites for hydroxylation is 1. The molecule has 2 aromatic rings. The molecule has 2 N–H and O–H groups in total. The lowest BCUT2D eigenvalue weighted by atomic mass is 10.2. The van der Waals surface area contributed by atoms with E-state index in [9.17, 15) is 4.79 Å². The van der Waals surface area contributed by atoms with Gasteiger partial charge in [0, 0.05) is 18.9 Å². The Kier molecular flexibility index (Phi) is 1.92. The number of primary amides is 1. The lowest BCUT2D eigenvalue weighted by Crippen LogP contribution is -2.12. The third-order valence-electron chi connectivity index (χ3n) is 2.04. The lowest BCUT2D eigenvalue weighted by Gasteiger charge is -1.93. The van der Waals surface area contributed by atoms with Gasteiger partial charge in [0.15, 0.2) is 0 Å². The van der Waals surface area contributed by atoms with Gasteiger partial charge in [0.2, 0.25) is 0 Å². The molecule has 0 atom stereocenters. The topological polar surface area (TPSA) is 73.8 Å². The molecule has 1 amide bonds. The van der Waals surface area contributed by atoms with Gasteiger partial charge in [-0.2, -0.15) is 5.10 Å². The Labute approximate surface area is 80.5 Å². The molecule has 14 heavy (non-hydrogen) atoms. The molecule has 0 bridgehead atoms. The normalized spacial score (nSPS) is 10.6. The zero-order valence-electron chi connectivity index (χ0n) is 7.77. The molecular formula is C9H10N4O. The Hall–Kier alpha value is -1.91. The predicted octanol–water partition coefficient (Wildman–Crippen LogP) is 0.550. The SMILES string of the molecule is CCn1cc2c(C(N)=O)nccc2n1. The molecule has 5 nitrogen and oxygen atoms in total. The van der Waals surface area contributed by atoms with E-state index in [0.29, 0.717) is 5.39 Å². The summed E-state index contributed by atoms with van der Waals surface area (Å²) in [4.78, 5) is 15.0. The number of nitrogens with zero attached hydrogens (tertiary/aromatic N) is 3. The van der Waals surface area contributed by atoms with Crippen LogP contribution in [0.1, 0.15) is 17.4 Å². The average Bonchev–Trinajstić information content (AvgIpc) is 2.59. The van der Waals surface area contributed by atoms with Gasteiger partial charge in [-0.3, -0.25) is 14.5 Å². The van der Waals surface area contributed by atoms with Crippen molar-refractivity contribution in [1.29, 1.82) is 0 Å². The summed E-state index contributed by atoms with van der Waals surface area (Å²) >= 11 is 0. The van der Waals surface area contributed by atoms with Gasteiger partial charge in [0.25, 0.3) is 5.91 Å². The molecule has 0 fully saturated rings. The highest BCUT2D eigenvalue weighted by Gasteiger charge is 2.10. The first-order valence-electron chi connectivity index (χ1n) is 4.34. The summed E-state index contributed by atoms with van der Waals surface area (Å²) in [5, 5.41) is 4.95. The van der Waals surface area contributed by atoms with E-state index in [1.54, 1.807) is 16.9 Å². The number of aromatic nitrogens is 3. The van der Waals surface area contributed by atoms with Crippen LogP contribution in [-0.2, 0) is 6.54 Å².